The van der Waals surface area contributed by atoms with Gasteiger partial charge in [-0.15, -0.1) is 0 Å². The highest BCUT2D eigenvalue weighted by Crippen LogP contribution is 2.31. The molecule has 1 aliphatic carbocycles. The van der Waals surface area contributed by atoms with Crippen molar-refractivity contribution in [2.24, 2.45) is 0 Å². The van der Waals surface area contributed by atoms with Crippen molar-refractivity contribution in [3.05, 3.63) is 24.3 Å². The SMILES string of the molecule is CCNS(=O)(=O)c1ccc(N(CCO)C2CC2)cc1. The highest BCUT2D eigenvalue weighted by Gasteiger charge is 2.28. The molecule has 1 aromatic rings. The summed E-state index contributed by atoms with van der Waals surface area (Å²) < 4.78 is 26.1. The summed E-state index contributed by atoms with van der Waals surface area (Å²) in [5, 5.41) is 9.08. The molecular weight excluding hydrogens is 264 g/mol. The van der Waals surface area contributed by atoms with Crippen molar-refractivity contribution in [3.63, 3.8) is 0 Å². The largest absolute Gasteiger partial charge is 0.395 e. The number of sulfonamides is 1. The Morgan fingerprint density at radius 1 is 1.32 bits per heavy atom. The molecule has 0 unspecified atom stereocenters. The van der Waals surface area contributed by atoms with Gasteiger partial charge in [0, 0.05) is 24.8 Å². The van der Waals surface area contributed by atoms with E-state index in [4.69, 9.17) is 5.11 Å². The van der Waals surface area contributed by atoms with Crippen LogP contribution in [-0.4, -0.2) is 39.3 Å². The van der Waals surface area contributed by atoms with Crippen LogP contribution in [0.4, 0.5) is 5.69 Å². The first-order valence-electron chi connectivity index (χ1n) is 6.55. The second-order valence-electron chi connectivity index (χ2n) is 4.64. The lowest BCUT2D eigenvalue weighted by atomic mass is 10.3. The zero-order valence-corrected chi connectivity index (χ0v) is 11.9. The number of nitrogens with zero attached hydrogens (tertiary/aromatic N) is 1. The monoisotopic (exact) mass is 284 g/mol. The topological polar surface area (TPSA) is 69.6 Å². The minimum Gasteiger partial charge on any atom is -0.395 e. The Morgan fingerprint density at radius 3 is 2.42 bits per heavy atom. The molecule has 1 aromatic carbocycles. The molecule has 1 aliphatic rings. The van der Waals surface area contributed by atoms with E-state index in [2.05, 4.69) is 9.62 Å². The van der Waals surface area contributed by atoms with Crippen molar-refractivity contribution in [2.45, 2.75) is 30.7 Å². The van der Waals surface area contributed by atoms with E-state index in [0.29, 0.717) is 19.1 Å². The van der Waals surface area contributed by atoms with E-state index in [1.807, 2.05) is 0 Å². The highest BCUT2D eigenvalue weighted by atomic mass is 32.2. The fourth-order valence-electron chi connectivity index (χ4n) is 2.11. The molecule has 0 heterocycles. The number of rotatable bonds is 7. The van der Waals surface area contributed by atoms with Crippen LogP contribution in [0.2, 0.25) is 0 Å². The van der Waals surface area contributed by atoms with Crippen molar-refractivity contribution in [3.8, 4) is 0 Å². The fourth-order valence-corrected chi connectivity index (χ4v) is 3.15. The molecule has 5 nitrogen and oxygen atoms in total. The molecule has 0 radical (unpaired) electrons. The number of aliphatic hydroxyl groups is 1. The van der Waals surface area contributed by atoms with E-state index in [-0.39, 0.29) is 11.5 Å². The van der Waals surface area contributed by atoms with Gasteiger partial charge in [0.1, 0.15) is 0 Å². The minimum absolute atomic E-state index is 0.105. The van der Waals surface area contributed by atoms with Crippen LogP contribution in [0, 0.1) is 0 Å². The average molecular weight is 284 g/mol. The smallest absolute Gasteiger partial charge is 0.240 e. The normalized spacial score (nSPS) is 15.5. The van der Waals surface area contributed by atoms with Gasteiger partial charge < -0.3 is 10.0 Å². The summed E-state index contributed by atoms with van der Waals surface area (Å²) in [7, 11) is -3.39. The molecule has 0 atom stereocenters. The van der Waals surface area contributed by atoms with Gasteiger partial charge in [-0.1, -0.05) is 6.92 Å². The summed E-state index contributed by atoms with van der Waals surface area (Å²) in [5.74, 6) is 0. The lowest BCUT2D eigenvalue weighted by Crippen LogP contribution is -2.29. The summed E-state index contributed by atoms with van der Waals surface area (Å²) in [6.45, 7) is 2.82. The van der Waals surface area contributed by atoms with E-state index in [0.717, 1.165) is 18.5 Å². The van der Waals surface area contributed by atoms with Crippen molar-refractivity contribution >= 4 is 15.7 Å². The number of hydrogen-bond donors (Lipinski definition) is 2. The van der Waals surface area contributed by atoms with Crippen molar-refractivity contribution in [2.75, 3.05) is 24.6 Å². The Balaban J connectivity index is 2.17. The summed E-state index contributed by atoms with van der Waals surface area (Å²) in [4.78, 5) is 2.40. The Bertz CT molecular complexity index is 509. The van der Waals surface area contributed by atoms with E-state index >= 15 is 0 Å². The van der Waals surface area contributed by atoms with Crippen molar-refractivity contribution in [1.82, 2.24) is 4.72 Å². The molecule has 1 fully saturated rings. The molecule has 0 amide bonds. The van der Waals surface area contributed by atoms with Gasteiger partial charge in [0.25, 0.3) is 0 Å². The van der Waals surface area contributed by atoms with Gasteiger partial charge in [-0.05, 0) is 37.1 Å². The first-order chi connectivity index (χ1) is 9.08. The van der Waals surface area contributed by atoms with Crippen molar-refractivity contribution < 1.29 is 13.5 Å². The molecule has 0 bridgehead atoms. The van der Waals surface area contributed by atoms with E-state index in [9.17, 15) is 8.42 Å². The van der Waals surface area contributed by atoms with Crippen LogP contribution in [0.25, 0.3) is 0 Å². The summed E-state index contributed by atoms with van der Waals surface area (Å²) >= 11 is 0. The predicted octanol–water partition coefficient (Wildman–Crippen LogP) is 0.946. The minimum atomic E-state index is -3.39. The molecule has 2 N–H and O–H groups in total. The molecular formula is C13H20N2O3S. The second kappa shape index (κ2) is 5.90. The first-order valence-corrected chi connectivity index (χ1v) is 8.04. The van der Waals surface area contributed by atoms with Gasteiger partial charge in [-0.25, -0.2) is 13.1 Å². The summed E-state index contributed by atoms with van der Waals surface area (Å²) in [6, 6.07) is 7.32. The Morgan fingerprint density at radius 2 is 1.95 bits per heavy atom. The lowest BCUT2D eigenvalue weighted by Gasteiger charge is -2.23. The third-order valence-corrected chi connectivity index (χ3v) is 4.70. The Hall–Kier alpha value is -1.11. The van der Waals surface area contributed by atoms with Gasteiger partial charge in [0.2, 0.25) is 10.0 Å². The van der Waals surface area contributed by atoms with E-state index < -0.39 is 10.0 Å². The maximum Gasteiger partial charge on any atom is 0.240 e. The third kappa shape index (κ3) is 3.46. The summed E-state index contributed by atoms with van der Waals surface area (Å²) in [6.07, 6.45) is 2.27. The second-order valence-corrected chi connectivity index (χ2v) is 6.41. The van der Waals surface area contributed by atoms with Crippen LogP contribution in [0.3, 0.4) is 0 Å². The Labute approximate surface area is 114 Å². The Kier molecular flexibility index (Phi) is 4.44. The molecule has 19 heavy (non-hydrogen) atoms. The molecule has 2 rings (SSSR count). The van der Waals surface area contributed by atoms with Crippen LogP contribution >= 0.6 is 0 Å². The number of hydrogen-bond acceptors (Lipinski definition) is 4. The zero-order valence-electron chi connectivity index (χ0n) is 11.0. The van der Waals surface area contributed by atoms with E-state index in [1.165, 1.54) is 0 Å². The lowest BCUT2D eigenvalue weighted by molar-refractivity contribution is 0.301. The molecule has 0 aromatic heterocycles. The van der Waals surface area contributed by atoms with Gasteiger partial charge >= 0.3 is 0 Å². The van der Waals surface area contributed by atoms with Crippen LogP contribution in [0.15, 0.2) is 29.2 Å². The maximum absolute atomic E-state index is 11.8. The first kappa shape index (κ1) is 14.3. The molecule has 6 heteroatoms. The van der Waals surface area contributed by atoms with Crippen LogP contribution in [-0.2, 0) is 10.0 Å². The van der Waals surface area contributed by atoms with Gasteiger partial charge in [0.15, 0.2) is 0 Å². The third-order valence-electron chi connectivity index (χ3n) is 3.14. The highest BCUT2D eigenvalue weighted by molar-refractivity contribution is 7.89. The molecule has 0 saturated heterocycles. The molecule has 0 spiro atoms. The van der Waals surface area contributed by atoms with Crippen LogP contribution in [0.5, 0.6) is 0 Å². The van der Waals surface area contributed by atoms with Crippen molar-refractivity contribution in [1.29, 1.82) is 0 Å². The maximum atomic E-state index is 11.8. The zero-order chi connectivity index (χ0) is 13.9. The van der Waals surface area contributed by atoms with Crippen LogP contribution < -0.4 is 9.62 Å². The van der Waals surface area contributed by atoms with E-state index in [1.54, 1.807) is 31.2 Å². The van der Waals surface area contributed by atoms with Gasteiger partial charge in [-0.3, -0.25) is 0 Å². The number of aliphatic hydroxyl groups excluding tert-OH is 1. The fraction of sp³-hybridized carbons (Fsp3) is 0.538. The van der Waals surface area contributed by atoms with Crippen LogP contribution in [0.1, 0.15) is 19.8 Å². The molecule has 0 aliphatic heterocycles. The average Bonchev–Trinajstić information content (AvgIpc) is 3.20. The quantitative estimate of drug-likeness (QED) is 0.782. The number of anilines is 1. The molecule has 106 valence electrons. The molecule has 1 saturated carbocycles. The number of benzene rings is 1. The van der Waals surface area contributed by atoms with Gasteiger partial charge in [-0.2, -0.15) is 0 Å². The standard InChI is InChI=1S/C13H20N2O3S/c1-2-14-19(17,18)13-7-5-12(6-8-13)15(9-10-16)11-3-4-11/h5-8,11,14,16H,2-4,9-10H2,1H3. The predicted molar refractivity (Wildman–Crippen MR) is 74.8 cm³/mol. The number of nitrogens with one attached hydrogen (secondary N) is 1. The summed E-state index contributed by atoms with van der Waals surface area (Å²) in [5.41, 5.74) is 0.965. The van der Waals surface area contributed by atoms with Gasteiger partial charge in [0.05, 0.1) is 11.5 Å².